The lowest BCUT2D eigenvalue weighted by molar-refractivity contribution is 0.329. The summed E-state index contributed by atoms with van der Waals surface area (Å²) < 4.78 is 32.4. The third-order valence-corrected chi connectivity index (χ3v) is 3.70. The molecule has 0 atom stereocenters. The first kappa shape index (κ1) is 16.1. The predicted molar refractivity (Wildman–Crippen MR) is 76.8 cm³/mol. The van der Waals surface area contributed by atoms with E-state index in [0.717, 1.165) is 11.3 Å². The Hall–Kier alpha value is -0.940. The summed E-state index contributed by atoms with van der Waals surface area (Å²) in [5, 5.41) is 0. The van der Waals surface area contributed by atoms with Crippen molar-refractivity contribution in [1.29, 1.82) is 0 Å². The average Bonchev–Trinajstić information content (AvgIpc) is 2.26. The first-order chi connectivity index (χ1) is 8.63. The maximum atomic E-state index is 10.9. The molecule has 0 radical (unpaired) electrons. The number of rotatable bonds is 5. The normalized spacial score (nSPS) is 12.3. The van der Waals surface area contributed by atoms with Crippen LogP contribution >= 0.6 is 10.7 Å². The van der Waals surface area contributed by atoms with Gasteiger partial charge in [0.2, 0.25) is 9.05 Å². The van der Waals surface area contributed by atoms with Gasteiger partial charge in [0.1, 0.15) is 18.1 Å². The molecule has 0 heterocycles. The van der Waals surface area contributed by atoms with E-state index < -0.39 is 9.05 Å². The number of methoxy groups -OCH3 is 1. The number of benzene rings is 1. The monoisotopic (exact) mass is 306 g/mol. The van der Waals surface area contributed by atoms with Gasteiger partial charge in [-0.3, -0.25) is 0 Å². The fourth-order valence-electron chi connectivity index (χ4n) is 1.60. The minimum atomic E-state index is -3.53. The number of ether oxygens (including phenoxy) is 2. The number of hydrogen-bond donors (Lipinski definition) is 0. The molecule has 0 saturated carbocycles. The molecular formula is C13H19ClO4S. The van der Waals surface area contributed by atoms with E-state index >= 15 is 0 Å². The van der Waals surface area contributed by atoms with Gasteiger partial charge in [0.05, 0.1) is 12.9 Å². The molecular weight excluding hydrogens is 288 g/mol. The van der Waals surface area contributed by atoms with E-state index in [9.17, 15) is 8.42 Å². The molecule has 0 unspecified atom stereocenters. The standard InChI is InChI=1S/C13H19ClO4S/c1-13(2,3)11-9-10(17-4)5-6-12(11)18-7-8-19(14,15)16/h5-6,9H,7-8H2,1-4H3. The fraction of sp³-hybridized carbons (Fsp3) is 0.538. The summed E-state index contributed by atoms with van der Waals surface area (Å²) in [5.74, 6) is 1.17. The first-order valence-electron chi connectivity index (χ1n) is 5.87. The van der Waals surface area contributed by atoms with E-state index in [1.807, 2.05) is 26.8 Å². The van der Waals surface area contributed by atoms with Crippen LogP contribution in [-0.4, -0.2) is 27.9 Å². The van der Waals surface area contributed by atoms with Gasteiger partial charge in [-0.25, -0.2) is 8.42 Å². The van der Waals surface area contributed by atoms with E-state index in [1.54, 1.807) is 19.2 Å². The van der Waals surface area contributed by atoms with E-state index in [2.05, 4.69) is 0 Å². The molecule has 0 amide bonds. The van der Waals surface area contributed by atoms with Gasteiger partial charge >= 0.3 is 0 Å². The van der Waals surface area contributed by atoms with Gasteiger partial charge < -0.3 is 9.47 Å². The molecule has 0 saturated heterocycles. The van der Waals surface area contributed by atoms with Crippen molar-refractivity contribution in [2.24, 2.45) is 0 Å². The summed E-state index contributed by atoms with van der Waals surface area (Å²) in [4.78, 5) is 0. The maximum absolute atomic E-state index is 10.9. The second-order valence-electron chi connectivity index (χ2n) is 5.20. The largest absolute Gasteiger partial charge is 0.497 e. The number of halogens is 1. The second-order valence-corrected chi connectivity index (χ2v) is 8.10. The molecule has 19 heavy (non-hydrogen) atoms. The van der Waals surface area contributed by atoms with Crippen molar-refractivity contribution in [2.45, 2.75) is 26.2 Å². The summed E-state index contributed by atoms with van der Waals surface area (Å²) in [6, 6.07) is 5.45. The lowest BCUT2D eigenvalue weighted by Crippen LogP contribution is -2.16. The van der Waals surface area contributed by atoms with Crippen LogP contribution in [0, 0.1) is 0 Å². The Labute approximate surface area is 119 Å². The molecule has 0 fully saturated rings. The molecule has 0 bridgehead atoms. The van der Waals surface area contributed by atoms with Crippen LogP contribution in [0.25, 0.3) is 0 Å². The third-order valence-electron chi connectivity index (χ3n) is 2.58. The zero-order chi connectivity index (χ0) is 14.7. The highest BCUT2D eigenvalue weighted by Crippen LogP contribution is 2.34. The van der Waals surface area contributed by atoms with Crippen LogP contribution in [0.4, 0.5) is 0 Å². The van der Waals surface area contributed by atoms with Gasteiger partial charge in [-0.2, -0.15) is 0 Å². The van der Waals surface area contributed by atoms with E-state index in [0.29, 0.717) is 5.75 Å². The van der Waals surface area contributed by atoms with Crippen molar-refractivity contribution in [3.63, 3.8) is 0 Å². The van der Waals surface area contributed by atoms with Crippen LogP contribution in [0.1, 0.15) is 26.3 Å². The van der Waals surface area contributed by atoms with Gasteiger partial charge in [-0.15, -0.1) is 0 Å². The van der Waals surface area contributed by atoms with Crippen molar-refractivity contribution in [3.8, 4) is 11.5 Å². The van der Waals surface area contributed by atoms with Gasteiger partial charge in [0, 0.05) is 16.2 Å². The predicted octanol–water partition coefficient (Wildman–Crippen LogP) is 2.94. The van der Waals surface area contributed by atoms with Crippen LogP contribution in [0.5, 0.6) is 11.5 Å². The molecule has 0 aliphatic rings. The minimum Gasteiger partial charge on any atom is -0.497 e. The molecule has 0 N–H and O–H groups in total. The van der Waals surface area contributed by atoms with Gasteiger partial charge in [-0.05, 0) is 23.6 Å². The zero-order valence-corrected chi connectivity index (χ0v) is 13.1. The van der Waals surface area contributed by atoms with Crippen LogP contribution in [0.3, 0.4) is 0 Å². The Morgan fingerprint density at radius 2 is 1.89 bits per heavy atom. The van der Waals surface area contributed by atoms with Gasteiger partial charge in [0.15, 0.2) is 0 Å². The summed E-state index contributed by atoms with van der Waals surface area (Å²) in [5.41, 5.74) is 0.822. The summed E-state index contributed by atoms with van der Waals surface area (Å²) in [6.45, 7) is 6.17. The van der Waals surface area contributed by atoms with Crippen molar-refractivity contribution in [2.75, 3.05) is 19.5 Å². The second kappa shape index (κ2) is 6.01. The lowest BCUT2D eigenvalue weighted by atomic mass is 9.86. The smallest absolute Gasteiger partial charge is 0.235 e. The summed E-state index contributed by atoms with van der Waals surface area (Å²) >= 11 is 0. The van der Waals surface area contributed by atoms with Crippen LogP contribution in [-0.2, 0) is 14.5 Å². The van der Waals surface area contributed by atoms with Crippen LogP contribution in [0.15, 0.2) is 18.2 Å². The van der Waals surface area contributed by atoms with E-state index in [-0.39, 0.29) is 17.8 Å². The molecule has 4 nitrogen and oxygen atoms in total. The van der Waals surface area contributed by atoms with Crippen molar-refractivity contribution in [1.82, 2.24) is 0 Å². The zero-order valence-electron chi connectivity index (χ0n) is 11.6. The van der Waals surface area contributed by atoms with Crippen LogP contribution in [0.2, 0.25) is 0 Å². The quantitative estimate of drug-likeness (QED) is 0.785. The molecule has 1 rings (SSSR count). The summed E-state index contributed by atoms with van der Waals surface area (Å²) in [6.07, 6.45) is 0. The Kier molecular flexibility index (Phi) is 5.10. The molecule has 0 aliphatic carbocycles. The Balaban J connectivity index is 2.94. The highest BCUT2D eigenvalue weighted by atomic mass is 35.7. The van der Waals surface area contributed by atoms with Gasteiger partial charge in [0.25, 0.3) is 0 Å². The molecule has 1 aromatic carbocycles. The first-order valence-corrected chi connectivity index (χ1v) is 8.35. The van der Waals surface area contributed by atoms with E-state index in [4.69, 9.17) is 20.2 Å². The van der Waals surface area contributed by atoms with Gasteiger partial charge in [-0.1, -0.05) is 20.8 Å². The number of hydrogen-bond acceptors (Lipinski definition) is 4. The highest BCUT2D eigenvalue weighted by molar-refractivity contribution is 8.13. The summed E-state index contributed by atoms with van der Waals surface area (Å²) in [7, 11) is 3.22. The molecule has 1 aromatic rings. The Bertz CT molecular complexity index is 532. The third kappa shape index (κ3) is 5.28. The average molecular weight is 307 g/mol. The lowest BCUT2D eigenvalue weighted by Gasteiger charge is -2.23. The maximum Gasteiger partial charge on any atom is 0.235 e. The SMILES string of the molecule is COc1ccc(OCCS(=O)(=O)Cl)c(C(C)(C)C)c1. The van der Waals surface area contributed by atoms with Crippen molar-refractivity contribution < 1.29 is 17.9 Å². The van der Waals surface area contributed by atoms with E-state index in [1.165, 1.54) is 0 Å². The highest BCUT2D eigenvalue weighted by Gasteiger charge is 2.20. The minimum absolute atomic E-state index is 0.0290. The topological polar surface area (TPSA) is 52.6 Å². The molecule has 0 aliphatic heterocycles. The fourth-order valence-corrected chi connectivity index (χ4v) is 2.07. The molecule has 108 valence electrons. The Morgan fingerprint density at radius 3 is 2.37 bits per heavy atom. The van der Waals surface area contributed by atoms with Crippen molar-refractivity contribution in [3.05, 3.63) is 23.8 Å². The molecule has 0 spiro atoms. The molecule has 0 aromatic heterocycles. The van der Waals surface area contributed by atoms with Crippen LogP contribution < -0.4 is 9.47 Å². The van der Waals surface area contributed by atoms with Crippen molar-refractivity contribution >= 4 is 19.7 Å². The molecule has 6 heteroatoms. The Morgan fingerprint density at radius 1 is 1.26 bits per heavy atom.